The number of likely N-dealkylation sites (tertiary alicyclic amines) is 1. The average molecular weight is 575 g/mol. The van der Waals surface area contributed by atoms with Crippen LogP contribution in [0.15, 0.2) is 29.3 Å². The van der Waals surface area contributed by atoms with Crippen LogP contribution in [-0.4, -0.2) is 94.7 Å². The predicted molar refractivity (Wildman–Crippen MR) is 145 cm³/mol. The van der Waals surface area contributed by atoms with Crippen LogP contribution >= 0.6 is 24.0 Å². The number of rotatable bonds is 10. The summed E-state index contributed by atoms with van der Waals surface area (Å²) >= 11 is 0. The molecule has 0 saturated carbocycles. The van der Waals surface area contributed by atoms with E-state index in [-0.39, 0.29) is 30.0 Å². The summed E-state index contributed by atoms with van der Waals surface area (Å²) < 4.78 is 16.7. The lowest BCUT2D eigenvalue weighted by molar-refractivity contribution is 0.00969. The van der Waals surface area contributed by atoms with E-state index in [0.29, 0.717) is 6.10 Å². The molecule has 0 radical (unpaired) electrons. The maximum Gasteiger partial charge on any atom is 0.193 e. The van der Waals surface area contributed by atoms with Gasteiger partial charge < -0.3 is 24.4 Å². The Labute approximate surface area is 217 Å². The van der Waals surface area contributed by atoms with Gasteiger partial charge in [0.05, 0.1) is 31.9 Å². The molecule has 0 amide bonds. The normalized spacial score (nSPS) is 19.2. The number of benzene rings is 1. The zero-order chi connectivity index (χ0) is 22.6. The largest absolute Gasteiger partial charge is 0.385 e. The summed E-state index contributed by atoms with van der Waals surface area (Å²) in [6, 6.07) is 9.19. The van der Waals surface area contributed by atoms with Crippen LogP contribution in [0, 0.1) is 6.92 Å². The topological polar surface area (TPSA) is 58.6 Å². The fraction of sp³-hybridized carbons (Fsp3) is 0.720. The lowest BCUT2D eigenvalue weighted by Crippen LogP contribution is -2.47. The summed E-state index contributed by atoms with van der Waals surface area (Å²) in [7, 11) is 1.74. The zero-order valence-corrected chi connectivity index (χ0v) is 23.0. The third-order valence-corrected chi connectivity index (χ3v) is 6.29. The number of piperidine rings is 1. The summed E-state index contributed by atoms with van der Waals surface area (Å²) in [5.41, 5.74) is 2.62. The molecule has 0 aromatic heterocycles. The molecule has 1 atom stereocenters. The Morgan fingerprint density at radius 3 is 2.45 bits per heavy atom. The van der Waals surface area contributed by atoms with Gasteiger partial charge in [-0.05, 0) is 38.7 Å². The summed E-state index contributed by atoms with van der Waals surface area (Å²) in [6.07, 6.45) is 3.40. The van der Waals surface area contributed by atoms with Crippen LogP contribution in [0.2, 0.25) is 0 Å². The Balaban J connectivity index is 0.00000385. The Kier molecular flexibility index (Phi) is 13.6. The quantitative estimate of drug-likeness (QED) is 0.200. The molecule has 1 aromatic rings. The number of aryl methyl sites for hydroxylation is 1. The van der Waals surface area contributed by atoms with Gasteiger partial charge in [-0.25, -0.2) is 0 Å². The van der Waals surface area contributed by atoms with E-state index in [1.807, 2.05) is 0 Å². The number of halogens is 1. The molecule has 2 heterocycles. The molecule has 2 fully saturated rings. The third kappa shape index (κ3) is 9.32. The van der Waals surface area contributed by atoms with Crippen molar-refractivity contribution >= 4 is 29.9 Å². The van der Waals surface area contributed by atoms with Gasteiger partial charge in [0.25, 0.3) is 0 Å². The van der Waals surface area contributed by atoms with Crippen molar-refractivity contribution in [1.29, 1.82) is 0 Å². The highest BCUT2D eigenvalue weighted by atomic mass is 127. The minimum Gasteiger partial charge on any atom is -0.385 e. The van der Waals surface area contributed by atoms with Crippen molar-refractivity contribution in [2.75, 3.05) is 72.8 Å². The van der Waals surface area contributed by atoms with Crippen LogP contribution in [0.4, 0.5) is 0 Å². The first-order valence-electron chi connectivity index (χ1n) is 12.2. The maximum absolute atomic E-state index is 6.03. The molecule has 8 heteroatoms. The highest BCUT2D eigenvalue weighted by Crippen LogP contribution is 2.23. The van der Waals surface area contributed by atoms with Crippen LogP contribution in [0.3, 0.4) is 0 Å². The summed E-state index contributed by atoms with van der Waals surface area (Å²) in [4.78, 5) is 10.0. The number of nitrogens with zero attached hydrogens (tertiary/aromatic N) is 3. The number of hydrogen-bond acceptors (Lipinski definition) is 5. The summed E-state index contributed by atoms with van der Waals surface area (Å²) in [5, 5.41) is 3.52. The van der Waals surface area contributed by atoms with Crippen molar-refractivity contribution in [3.05, 3.63) is 35.4 Å². The zero-order valence-electron chi connectivity index (χ0n) is 20.6. The Morgan fingerprint density at radius 2 is 1.82 bits per heavy atom. The number of guanidine groups is 1. The molecule has 33 heavy (non-hydrogen) atoms. The van der Waals surface area contributed by atoms with E-state index >= 15 is 0 Å². The standard InChI is InChI=1S/C25H42N4O3.HI/c1-4-26-25(29-12-10-23(11-13-29)32-17-5-16-30-3)27-20-24(28-14-18-31-19-15-28)22-8-6-21(2)7-9-22;/h6-9,23-24H,4-5,10-20H2,1-3H3,(H,26,27);1H. The van der Waals surface area contributed by atoms with Gasteiger partial charge in [0.1, 0.15) is 0 Å². The smallest absolute Gasteiger partial charge is 0.193 e. The Hall–Kier alpha value is -0.940. The van der Waals surface area contributed by atoms with E-state index in [9.17, 15) is 0 Å². The molecular formula is C25H43IN4O3. The maximum atomic E-state index is 6.03. The van der Waals surface area contributed by atoms with Gasteiger partial charge in [0.2, 0.25) is 0 Å². The van der Waals surface area contributed by atoms with Gasteiger partial charge in [0.15, 0.2) is 5.96 Å². The first-order valence-corrected chi connectivity index (χ1v) is 12.2. The molecule has 1 N–H and O–H groups in total. The number of ether oxygens (including phenoxy) is 3. The second-order valence-corrected chi connectivity index (χ2v) is 8.67. The van der Waals surface area contributed by atoms with Gasteiger partial charge in [-0.15, -0.1) is 24.0 Å². The van der Waals surface area contributed by atoms with Crippen molar-refractivity contribution in [2.24, 2.45) is 4.99 Å². The summed E-state index contributed by atoms with van der Waals surface area (Å²) in [5.74, 6) is 1.02. The number of hydrogen-bond donors (Lipinski definition) is 1. The molecule has 1 aromatic carbocycles. The molecule has 0 aliphatic carbocycles. The minimum atomic E-state index is 0. The lowest BCUT2D eigenvalue weighted by atomic mass is 10.0. The van der Waals surface area contributed by atoms with E-state index in [2.05, 4.69) is 53.2 Å². The Morgan fingerprint density at radius 1 is 1.12 bits per heavy atom. The fourth-order valence-electron chi connectivity index (χ4n) is 4.40. The number of morpholine rings is 1. The highest BCUT2D eigenvalue weighted by Gasteiger charge is 2.25. The minimum absolute atomic E-state index is 0. The molecule has 0 spiro atoms. The number of methoxy groups -OCH3 is 1. The first kappa shape index (κ1) is 28.3. The van der Waals surface area contributed by atoms with Crippen LogP contribution < -0.4 is 5.32 Å². The predicted octanol–water partition coefficient (Wildman–Crippen LogP) is 3.47. The van der Waals surface area contributed by atoms with Crippen LogP contribution in [-0.2, 0) is 14.2 Å². The van der Waals surface area contributed by atoms with E-state index in [0.717, 1.165) is 90.9 Å². The molecule has 2 saturated heterocycles. The van der Waals surface area contributed by atoms with E-state index in [1.54, 1.807) is 7.11 Å². The van der Waals surface area contributed by atoms with Gasteiger partial charge in [-0.2, -0.15) is 0 Å². The first-order chi connectivity index (χ1) is 15.7. The van der Waals surface area contributed by atoms with Crippen molar-refractivity contribution in [3.63, 3.8) is 0 Å². The van der Waals surface area contributed by atoms with Crippen molar-refractivity contribution in [2.45, 2.75) is 45.3 Å². The van der Waals surface area contributed by atoms with Crippen LogP contribution in [0.5, 0.6) is 0 Å². The van der Waals surface area contributed by atoms with Crippen molar-refractivity contribution < 1.29 is 14.2 Å². The molecular weight excluding hydrogens is 531 g/mol. The molecule has 0 bridgehead atoms. The van der Waals surface area contributed by atoms with E-state index < -0.39 is 0 Å². The van der Waals surface area contributed by atoms with Gasteiger partial charge in [-0.1, -0.05) is 29.8 Å². The second kappa shape index (κ2) is 15.9. The highest BCUT2D eigenvalue weighted by molar-refractivity contribution is 14.0. The van der Waals surface area contributed by atoms with Gasteiger partial charge >= 0.3 is 0 Å². The van der Waals surface area contributed by atoms with Crippen LogP contribution in [0.25, 0.3) is 0 Å². The second-order valence-electron chi connectivity index (χ2n) is 8.67. The Bertz CT molecular complexity index is 675. The molecule has 2 aliphatic rings. The van der Waals surface area contributed by atoms with E-state index in [1.165, 1.54) is 11.1 Å². The molecule has 1 unspecified atom stereocenters. The monoisotopic (exact) mass is 574 g/mol. The summed E-state index contributed by atoms with van der Waals surface area (Å²) in [6.45, 7) is 12.9. The number of aliphatic imine (C=N–C) groups is 1. The fourth-order valence-corrected chi connectivity index (χ4v) is 4.40. The van der Waals surface area contributed by atoms with Gasteiger partial charge in [0, 0.05) is 53.0 Å². The molecule has 188 valence electrons. The lowest BCUT2D eigenvalue weighted by Gasteiger charge is -2.36. The SMILES string of the molecule is CCNC(=NCC(c1ccc(C)cc1)N1CCOCC1)N1CCC(OCCCOC)CC1.I. The molecule has 2 aliphatic heterocycles. The number of nitrogens with one attached hydrogen (secondary N) is 1. The van der Waals surface area contributed by atoms with Crippen molar-refractivity contribution in [3.8, 4) is 0 Å². The molecule has 3 rings (SSSR count). The van der Waals surface area contributed by atoms with Crippen molar-refractivity contribution in [1.82, 2.24) is 15.1 Å². The van der Waals surface area contributed by atoms with E-state index in [4.69, 9.17) is 19.2 Å². The van der Waals surface area contributed by atoms with Gasteiger partial charge in [-0.3, -0.25) is 9.89 Å². The third-order valence-electron chi connectivity index (χ3n) is 6.29. The average Bonchev–Trinajstić information content (AvgIpc) is 2.83. The van der Waals surface area contributed by atoms with Crippen LogP contribution in [0.1, 0.15) is 43.4 Å². The molecule has 7 nitrogen and oxygen atoms in total.